The zero-order valence-electron chi connectivity index (χ0n) is 7.71. The molecule has 2 heterocycles. The van der Waals surface area contributed by atoms with E-state index in [4.69, 9.17) is 0 Å². The van der Waals surface area contributed by atoms with Gasteiger partial charge in [-0.25, -0.2) is 9.97 Å². The molecule has 3 aromatic rings. The van der Waals surface area contributed by atoms with Crippen LogP contribution in [0.1, 0.15) is 0 Å². The van der Waals surface area contributed by atoms with Crippen LogP contribution in [0.4, 0.5) is 0 Å². The molecule has 0 unspecified atom stereocenters. The van der Waals surface area contributed by atoms with Crippen LogP contribution in [-0.4, -0.2) is 32.9 Å². The number of hydrogen-bond acceptors (Lipinski definition) is 3. The van der Waals surface area contributed by atoms with Gasteiger partial charge in [-0.05, 0) is 12.1 Å². The smallest absolute Gasteiger partial charge is 0.158 e. The molecule has 2 aromatic heterocycles. The third kappa shape index (κ3) is 1.83. The maximum absolute atomic E-state index is 4.44. The molecule has 1 N–H and O–H groups in total. The molecule has 0 aliphatic rings. The molecule has 15 heavy (non-hydrogen) atoms. The second-order valence-electron chi connectivity index (χ2n) is 2.98. The minimum Gasteiger partial charge on any atom is -0.337 e. The van der Waals surface area contributed by atoms with Crippen molar-refractivity contribution in [3.05, 3.63) is 35.2 Å². The maximum Gasteiger partial charge on any atom is 0.158 e. The van der Waals surface area contributed by atoms with Crippen molar-refractivity contribution in [1.29, 1.82) is 0 Å². The van der Waals surface area contributed by atoms with Gasteiger partial charge in [0.2, 0.25) is 0 Å². The first-order valence-corrected chi connectivity index (χ1v) is 5.21. The fraction of sp³-hybridized carbons (Fsp3) is 0. The molecule has 3 rings (SSSR count). The summed E-state index contributed by atoms with van der Waals surface area (Å²) in [6, 6.07) is 7.97. The molecule has 0 bridgehead atoms. The summed E-state index contributed by atoms with van der Waals surface area (Å²) in [7, 11) is 0. The van der Waals surface area contributed by atoms with E-state index in [1.54, 1.807) is 11.3 Å². The van der Waals surface area contributed by atoms with E-state index in [0.29, 0.717) is 0 Å². The largest absolute Gasteiger partial charge is 0.337 e. The van der Waals surface area contributed by atoms with E-state index in [0.717, 1.165) is 22.6 Å². The summed E-state index contributed by atoms with van der Waals surface area (Å²) >= 11 is 1.57. The second-order valence-corrected chi connectivity index (χ2v) is 3.69. The summed E-state index contributed by atoms with van der Waals surface area (Å²) < 4.78 is 0. The Morgan fingerprint density at radius 2 is 2.07 bits per heavy atom. The molecule has 3 nitrogen and oxygen atoms in total. The van der Waals surface area contributed by atoms with Crippen LogP contribution in [0.2, 0.25) is 0 Å². The number of para-hydroxylation sites is 2. The predicted molar refractivity (Wildman–Crippen MR) is 63.0 cm³/mol. The Hall–Kier alpha value is -1.12. The SMILES string of the molecule is [As].c1ccc2[nH]c(-c3cscn3)nc2c1. The van der Waals surface area contributed by atoms with Crippen molar-refractivity contribution in [1.82, 2.24) is 15.0 Å². The quantitative estimate of drug-likeness (QED) is 0.693. The number of thiazole rings is 1. The number of hydrogen-bond donors (Lipinski definition) is 1. The monoisotopic (exact) mass is 276 g/mol. The van der Waals surface area contributed by atoms with Gasteiger partial charge in [-0.15, -0.1) is 11.3 Å². The number of aromatic nitrogens is 3. The minimum atomic E-state index is 0. The zero-order valence-corrected chi connectivity index (χ0v) is 10.4. The number of aromatic amines is 1. The van der Waals surface area contributed by atoms with Gasteiger partial charge in [0.1, 0.15) is 5.69 Å². The standard InChI is InChI=1S/C10H7N3S.As/c1-2-4-8-7(3-1)12-10(13-8)9-5-14-6-11-9;/h1-6H,(H,12,13);. The number of fused-ring (bicyclic) bond motifs is 1. The second kappa shape index (κ2) is 4.17. The third-order valence-electron chi connectivity index (χ3n) is 2.06. The molecule has 0 aliphatic carbocycles. The molecule has 1 aromatic carbocycles. The van der Waals surface area contributed by atoms with Gasteiger partial charge in [0.05, 0.1) is 16.5 Å². The van der Waals surface area contributed by atoms with Crippen molar-refractivity contribution in [2.45, 2.75) is 0 Å². The van der Waals surface area contributed by atoms with Crippen LogP contribution < -0.4 is 0 Å². The van der Waals surface area contributed by atoms with Gasteiger partial charge < -0.3 is 4.98 Å². The Morgan fingerprint density at radius 1 is 1.20 bits per heavy atom. The number of benzene rings is 1. The van der Waals surface area contributed by atoms with Gasteiger partial charge in [0.25, 0.3) is 0 Å². The third-order valence-corrected chi connectivity index (χ3v) is 2.65. The Bertz CT molecular complexity index is 526. The number of H-pyrrole nitrogens is 1. The zero-order chi connectivity index (χ0) is 9.38. The molecule has 0 saturated carbocycles. The summed E-state index contributed by atoms with van der Waals surface area (Å²) in [5.41, 5.74) is 4.75. The molecular weight excluding hydrogens is 269 g/mol. The molecule has 73 valence electrons. The van der Waals surface area contributed by atoms with Crippen molar-refractivity contribution in [2.75, 3.05) is 0 Å². The van der Waals surface area contributed by atoms with Gasteiger partial charge in [-0.3, -0.25) is 0 Å². The summed E-state index contributed by atoms with van der Waals surface area (Å²) in [4.78, 5) is 11.9. The first-order chi connectivity index (χ1) is 6.93. The summed E-state index contributed by atoms with van der Waals surface area (Å²) in [5.74, 6) is 0.840. The molecular formula is C10H7AsN3S. The molecule has 5 heteroatoms. The van der Waals surface area contributed by atoms with E-state index in [1.807, 2.05) is 35.2 Å². The number of rotatable bonds is 1. The fourth-order valence-electron chi connectivity index (χ4n) is 1.40. The van der Waals surface area contributed by atoms with Gasteiger partial charge in [-0.1, -0.05) is 12.1 Å². The van der Waals surface area contributed by atoms with E-state index in [9.17, 15) is 0 Å². The van der Waals surface area contributed by atoms with Crippen LogP contribution in [-0.2, 0) is 0 Å². The minimum absolute atomic E-state index is 0. The average Bonchev–Trinajstić information content (AvgIpc) is 2.86. The van der Waals surface area contributed by atoms with E-state index < -0.39 is 0 Å². The van der Waals surface area contributed by atoms with Gasteiger partial charge in [0.15, 0.2) is 5.82 Å². The molecule has 0 amide bonds. The first-order valence-electron chi connectivity index (χ1n) is 4.27. The maximum atomic E-state index is 4.44. The van der Waals surface area contributed by atoms with Crippen molar-refractivity contribution >= 4 is 40.3 Å². The van der Waals surface area contributed by atoms with Gasteiger partial charge >= 0.3 is 0 Å². The summed E-state index contributed by atoms with van der Waals surface area (Å²) in [6.07, 6.45) is 0. The van der Waals surface area contributed by atoms with E-state index >= 15 is 0 Å². The van der Waals surface area contributed by atoms with E-state index in [1.165, 1.54) is 0 Å². The topological polar surface area (TPSA) is 41.6 Å². The molecule has 0 aliphatic heterocycles. The van der Waals surface area contributed by atoms with E-state index in [2.05, 4.69) is 15.0 Å². The van der Waals surface area contributed by atoms with Crippen molar-refractivity contribution in [2.24, 2.45) is 0 Å². The number of nitrogens with one attached hydrogen (secondary N) is 1. The van der Waals surface area contributed by atoms with Crippen LogP contribution in [0.15, 0.2) is 35.2 Å². The Labute approximate surface area is 102 Å². The molecule has 0 saturated heterocycles. The van der Waals surface area contributed by atoms with E-state index in [-0.39, 0.29) is 18.0 Å². The molecule has 0 atom stereocenters. The van der Waals surface area contributed by atoms with Crippen LogP contribution in [0.5, 0.6) is 0 Å². The summed E-state index contributed by atoms with van der Waals surface area (Å²) in [5, 5.41) is 1.98. The van der Waals surface area contributed by atoms with Crippen LogP contribution >= 0.6 is 11.3 Å². The Morgan fingerprint density at radius 3 is 2.80 bits per heavy atom. The van der Waals surface area contributed by atoms with Crippen LogP contribution in [0.3, 0.4) is 0 Å². The molecule has 3 radical (unpaired) electrons. The van der Waals surface area contributed by atoms with Crippen LogP contribution in [0, 0.1) is 0 Å². The van der Waals surface area contributed by atoms with Gasteiger partial charge in [-0.2, -0.15) is 0 Å². The van der Waals surface area contributed by atoms with Crippen molar-refractivity contribution in [3.8, 4) is 11.5 Å². The van der Waals surface area contributed by atoms with Crippen molar-refractivity contribution in [3.63, 3.8) is 0 Å². The average molecular weight is 276 g/mol. The Balaban J connectivity index is 0.000000853. The predicted octanol–water partition coefficient (Wildman–Crippen LogP) is 2.31. The fourth-order valence-corrected chi connectivity index (χ4v) is 1.94. The molecule has 0 spiro atoms. The van der Waals surface area contributed by atoms with Crippen LogP contribution in [0.25, 0.3) is 22.6 Å². The Kier molecular flexibility index (Phi) is 2.89. The first kappa shape index (κ1) is 10.4. The van der Waals surface area contributed by atoms with Gasteiger partial charge in [0, 0.05) is 23.3 Å². The number of nitrogens with zero attached hydrogens (tertiary/aromatic N) is 2. The normalized spacial score (nSPS) is 10.1. The van der Waals surface area contributed by atoms with Crippen molar-refractivity contribution < 1.29 is 0 Å². The number of imidazole rings is 1. The summed E-state index contributed by atoms with van der Waals surface area (Å²) in [6.45, 7) is 0. The molecule has 0 fully saturated rings.